The van der Waals surface area contributed by atoms with Crippen LogP contribution in [0.4, 0.5) is 9.18 Å². The summed E-state index contributed by atoms with van der Waals surface area (Å²) in [5, 5.41) is 2.93. The van der Waals surface area contributed by atoms with Gasteiger partial charge >= 0.3 is 6.03 Å². The van der Waals surface area contributed by atoms with E-state index in [0.717, 1.165) is 17.8 Å². The van der Waals surface area contributed by atoms with E-state index in [4.69, 9.17) is 0 Å². The van der Waals surface area contributed by atoms with Crippen molar-refractivity contribution in [2.24, 2.45) is 0 Å². The summed E-state index contributed by atoms with van der Waals surface area (Å²) in [6, 6.07) is 10.1. The first-order valence-corrected chi connectivity index (χ1v) is 7.54. The van der Waals surface area contributed by atoms with Crippen molar-refractivity contribution >= 4 is 6.03 Å². The van der Waals surface area contributed by atoms with Crippen molar-refractivity contribution in [1.29, 1.82) is 0 Å². The zero-order valence-electron chi connectivity index (χ0n) is 12.8. The van der Waals surface area contributed by atoms with Gasteiger partial charge in [0.2, 0.25) is 0 Å². The highest BCUT2D eigenvalue weighted by molar-refractivity contribution is 5.75. The van der Waals surface area contributed by atoms with Crippen molar-refractivity contribution < 1.29 is 9.18 Å². The third-order valence-electron chi connectivity index (χ3n) is 3.88. The molecule has 0 unspecified atom stereocenters. The van der Waals surface area contributed by atoms with Gasteiger partial charge in [-0.1, -0.05) is 12.1 Å². The molecule has 1 atom stereocenters. The van der Waals surface area contributed by atoms with Gasteiger partial charge in [-0.3, -0.25) is 0 Å². The Morgan fingerprint density at radius 3 is 2.82 bits per heavy atom. The van der Waals surface area contributed by atoms with Crippen LogP contribution in [0.25, 0.3) is 0 Å². The number of rotatable bonds is 2. The smallest absolute Gasteiger partial charge is 0.318 e. The van der Waals surface area contributed by atoms with Gasteiger partial charge in [-0.2, -0.15) is 0 Å². The van der Waals surface area contributed by atoms with E-state index in [1.165, 1.54) is 12.1 Å². The molecule has 4 nitrogen and oxygen atoms in total. The van der Waals surface area contributed by atoms with Gasteiger partial charge in [0, 0.05) is 31.0 Å². The molecule has 0 aliphatic carbocycles. The Balaban J connectivity index is 2.01. The fraction of sp³-hybridized carbons (Fsp3) is 0.353. The third kappa shape index (κ3) is 2.71. The van der Waals surface area contributed by atoms with E-state index in [1.807, 2.05) is 38.2 Å². The quantitative estimate of drug-likeness (QED) is 0.909. The van der Waals surface area contributed by atoms with E-state index in [0.29, 0.717) is 6.54 Å². The highest BCUT2D eigenvalue weighted by Crippen LogP contribution is 2.32. The average molecular weight is 301 g/mol. The Morgan fingerprint density at radius 2 is 2.09 bits per heavy atom. The van der Waals surface area contributed by atoms with Gasteiger partial charge in [-0.05, 0) is 43.7 Å². The SMILES string of the molecule is CC(C)NC(=O)N1CCn2cccc2[C@@H]1c1cccc(F)c1. The summed E-state index contributed by atoms with van der Waals surface area (Å²) in [6.45, 7) is 5.21. The van der Waals surface area contributed by atoms with Gasteiger partial charge in [0.05, 0.1) is 6.04 Å². The molecule has 22 heavy (non-hydrogen) atoms. The van der Waals surface area contributed by atoms with Crippen LogP contribution in [0.2, 0.25) is 0 Å². The molecule has 5 heteroatoms. The van der Waals surface area contributed by atoms with E-state index >= 15 is 0 Å². The number of carbonyl (C=O) groups is 1. The fourth-order valence-electron chi connectivity index (χ4n) is 2.96. The maximum absolute atomic E-state index is 13.6. The molecule has 1 aromatic heterocycles. The molecule has 0 fully saturated rings. The first-order valence-electron chi connectivity index (χ1n) is 7.54. The Morgan fingerprint density at radius 1 is 1.27 bits per heavy atom. The number of aromatic nitrogens is 1. The highest BCUT2D eigenvalue weighted by atomic mass is 19.1. The van der Waals surface area contributed by atoms with Crippen LogP contribution in [-0.4, -0.2) is 28.1 Å². The van der Waals surface area contributed by atoms with Crippen molar-refractivity contribution in [3.05, 3.63) is 59.7 Å². The molecule has 116 valence electrons. The molecule has 0 radical (unpaired) electrons. The van der Waals surface area contributed by atoms with Crippen molar-refractivity contribution in [2.75, 3.05) is 6.54 Å². The molecule has 1 aliphatic rings. The molecule has 0 spiro atoms. The first-order chi connectivity index (χ1) is 10.6. The monoisotopic (exact) mass is 301 g/mol. The largest absolute Gasteiger partial charge is 0.348 e. The molecule has 1 aromatic carbocycles. The molecule has 2 aromatic rings. The van der Waals surface area contributed by atoms with Crippen LogP contribution in [0, 0.1) is 5.82 Å². The molecular weight excluding hydrogens is 281 g/mol. The van der Waals surface area contributed by atoms with Crippen LogP contribution in [0.15, 0.2) is 42.6 Å². The van der Waals surface area contributed by atoms with Gasteiger partial charge in [0.25, 0.3) is 0 Å². The van der Waals surface area contributed by atoms with Gasteiger partial charge < -0.3 is 14.8 Å². The number of hydrogen-bond acceptors (Lipinski definition) is 1. The lowest BCUT2D eigenvalue weighted by atomic mass is 10.00. The van der Waals surface area contributed by atoms with E-state index in [2.05, 4.69) is 9.88 Å². The molecule has 0 bridgehead atoms. The summed E-state index contributed by atoms with van der Waals surface area (Å²) in [5.41, 5.74) is 1.80. The molecule has 1 aliphatic heterocycles. The second kappa shape index (κ2) is 5.83. The van der Waals surface area contributed by atoms with Crippen LogP contribution in [0.1, 0.15) is 31.1 Å². The maximum Gasteiger partial charge on any atom is 0.318 e. The minimum Gasteiger partial charge on any atom is -0.348 e. The molecular formula is C17H20FN3O. The molecule has 0 saturated carbocycles. The predicted octanol–water partition coefficient (Wildman–Crippen LogP) is 3.15. The van der Waals surface area contributed by atoms with Crippen molar-refractivity contribution in [3.63, 3.8) is 0 Å². The Hall–Kier alpha value is -2.30. The summed E-state index contributed by atoms with van der Waals surface area (Å²) in [7, 11) is 0. The zero-order valence-corrected chi connectivity index (χ0v) is 12.8. The van der Waals surface area contributed by atoms with Gasteiger partial charge in [0.15, 0.2) is 0 Å². The van der Waals surface area contributed by atoms with Crippen LogP contribution in [0.5, 0.6) is 0 Å². The fourth-order valence-corrected chi connectivity index (χ4v) is 2.96. The summed E-state index contributed by atoms with van der Waals surface area (Å²) >= 11 is 0. The summed E-state index contributed by atoms with van der Waals surface area (Å²) in [4.78, 5) is 14.3. The second-order valence-electron chi connectivity index (χ2n) is 5.88. The lowest BCUT2D eigenvalue weighted by Gasteiger charge is -2.37. The average Bonchev–Trinajstić information content (AvgIpc) is 2.93. The van der Waals surface area contributed by atoms with Gasteiger partial charge in [-0.15, -0.1) is 0 Å². The Labute approximate surface area is 129 Å². The molecule has 2 heterocycles. The number of nitrogens with one attached hydrogen (secondary N) is 1. The lowest BCUT2D eigenvalue weighted by molar-refractivity contribution is 0.166. The number of carbonyl (C=O) groups excluding carboxylic acids is 1. The number of halogens is 1. The van der Waals surface area contributed by atoms with Gasteiger partial charge in [-0.25, -0.2) is 9.18 Å². The molecule has 1 N–H and O–H groups in total. The molecule has 0 saturated heterocycles. The van der Waals surface area contributed by atoms with Crippen molar-refractivity contribution in [1.82, 2.24) is 14.8 Å². The maximum atomic E-state index is 13.6. The van der Waals surface area contributed by atoms with Crippen molar-refractivity contribution in [3.8, 4) is 0 Å². The number of nitrogens with zero attached hydrogens (tertiary/aromatic N) is 2. The zero-order chi connectivity index (χ0) is 15.7. The van der Waals surface area contributed by atoms with Crippen LogP contribution in [-0.2, 0) is 6.54 Å². The van der Waals surface area contributed by atoms with E-state index in [-0.39, 0.29) is 23.9 Å². The number of amides is 2. The Kier molecular flexibility index (Phi) is 3.88. The van der Waals surface area contributed by atoms with E-state index < -0.39 is 0 Å². The highest BCUT2D eigenvalue weighted by Gasteiger charge is 2.32. The van der Waals surface area contributed by atoms with Crippen LogP contribution in [0.3, 0.4) is 0 Å². The van der Waals surface area contributed by atoms with Crippen LogP contribution >= 0.6 is 0 Å². The van der Waals surface area contributed by atoms with Gasteiger partial charge in [0.1, 0.15) is 5.82 Å². The summed E-state index contributed by atoms with van der Waals surface area (Å²) < 4.78 is 15.8. The third-order valence-corrected chi connectivity index (χ3v) is 3.88. The predicted molar refractivity (Wildman–Crippen MR) is 83.0 cm³/mol. The van der Waals surface area contributed by atoms with Crippen LogP contribution < -0.4 is 5.32 Å². The molecule has 3 rings (SSSR count). The minimum atomic E-state index is -0.287. The van der Waals surface area contributed by atoms with Crippen molar-refractivity contribution in [2.45, 2.75) is 32.5 Å². The lowest BCUT2D eigenvalue weighted by Crippen LogP contribution is -2.48. The number of hydrogen-bond donors (Lipinski definition) is 1. The first kappa shape index (κ1) is 14.6. The summed E-state index contributed by atoms with van der Waals surface area (Å²) in [5.74, 6) is -0.287. The number of urea groups is 1. The topological polar surface area (TPSA) is 37.3 Å². The summed E-state index contributed by atoms with van der Waals surface area (Å²) in [6.07, 6.45) is 2.00. The Bertz CT molecular complexity index is 680. The molecule has 2 amide bonds. The van der Waals surface area contributed by atoms with E-state index in [1.54, 1.807) is 11.0 Å². The normalized spacial score (nSPS) is 17.5. The standard InChI is InChI=1S/C17H20FN3O/c1-12(2)19-17(22)21-10-9-20-8-4-7-15(20)16(21)13-5-3-6-14(18)11-13/h3-8,11-12,16H,9-10H2,1-2H3,(H,19,22)/t16-/m0/s1. The second-order valence-corrected chi connectivity index (χ2v) is 5.88. The minimum absolute atomic E-state index is 0.0642. The number of benzene rings is 1. The van der Waals surface area contributed by atoms with E-state index in [9.17, 15) is 9.18 Å². The number of fused-ring (bicyclic) bond motifs is 1.